The monoisotopic (exact) mass is 281 g/mol. The summed E-state index contributed by atoms with van der Waals surface area (Å²) >= 11 is 0. The lowest BCUT2D eigenvalue weighted by Gasteiger charge is -2.10. The second-order valence-corrected chi connectivity index (χ2v) is 4.43. The number of benzene rings is 2. The van der Waals surface area contributed by atoms with Crippen LogP contribution in [0.2, 0.25) is 0 Å². The van der Waals surface area contributed by atoms with Crippen LogP contribution in [0.4, 0.5) is 0 Å². The molecule has 0 saturated carbocycles. The third-order valence-corrected chi connectivity index (χ3v) is 3.21. The van der Waals surface area contributed by atoms with E-state index in [4.69, 9.17) is 9.47 Å². The van der Waals surface area contributed by atoms with Gasteiger partial charge in [-0.25, -0.2) is 0 Å². The van der Waals surface area contributed by atoms with E-state index in [1.165, 1.54) is 0 Å². The molecule has 4 nitrogen and oxygen atoms in total. The number of rotatable bonds is 5. The van der Waals surface area contributed by atoms with Gasteiger partial charge in [-0.05, 0) is 42.0 Å². The van der Waals surface area contributed by atoms with E-state index in [0.29, 0.717) is 22.6 Å². The number of hydrogen-bond donors (Lipinski definition) is 0. The van der Waals surface area contributed by atoms with Crippen LogP contribution in [0.15, 0.2) is 48.5 Å². The molecule has 0 aliphatic carbocycles. The molecule has 0 heterocycles. The van der Waals surface area contributed by atoms with Crippen LogP contribution in [-0.4, -0.2) is 20.0 Å². The second kappa shape index (κ2) is 6.58. The zero-order valence-electron chi connectivity index (χ0n) is 11.9. The first kappa shape index (κ1) is 14.6. The van der Waals surface area contributed by atoms with Crippen LogP contribution in [0.1, 0.15) is 21.8 Å². The van der Waals surface area contributed by atoms with Gasteiger partial charge in [-0.3, -0.25) is 4.79 Å². The third kappa shape index (κ3) is 3.21. The minimum atomic E-state index is -0.829. The Morgan fingerprint density at radius 3 is 1.86 bits per heavy atom. The Kier molecular flexibility index (Phi) is 4.57. The van der Waals surface area contributed by atoms with Crippen LogP contribution >= 0.6 is 0 Å². The summed E-state index contributed by atoms with van der Waals surface area (Å²) in [5, 5.41) is 9.31. The van der Waals surface area contributed by atoms with E-state index in [1.807, 2.05) is 0 Å². The second-order valence-electron chi connectivity index (χ2n) is 4.43. The Morgan fingerprint density at radius 2 is 1.43 bits per heavy atom. The Balaban J connectivity index is 2.26. The van der Waals surface area contributed by atoms with Crippen molar-refractivity contribution >= 4 is 5.78 Å². The van der Waals surface area contributed by atoms with Crippen LogP contribution in [0.25, 0.3) is 0 Å². The van der Waals surface area contributed by atoms with Crippen molar-refractivity contribution in [3.8, 4) is 17.6 Å². The van der Waals surface area contributed by atoms with Crippen molar-refractivity contribution in [1.82, 2.24) is 0 Å². The molecule has 0 radical (unpaired) electrons. The zero-order chi connectivity index (χ0) is 15.2. The molecule has 106 valence electrons. The molecule has 4 heteroatoms. The number of carbonyl (C=O) groups is 1. The molecule has 2 aromatic carbocycles. The van der Waals surface area contributed by atoms with Crippen molar-refractivity contribution in [2.24, 2.45) is 0 Å². The van der Waals surface area contributed by atoms with Crippen LogP contribution in [0.3, 0.4) is 0 Å². The van der Waals surface area contributed by atoms with Crippen LogP contribution in [0.5, 0.6) is 11.5 Å². The van der Waals surface area contributed by atoms with Gasteiger partial charge in [0.25, 0.3) is 0 Å². The fourth-order valence-corrected chi connectivity index (χ4v) is 2.00. The quantitative estimate of drug-likeness (QED) is 0.790. The first-order chi connectivity index (χ1) is 10.2. The average Bonchev–Trinajstić information content (AvgIpc) is 2.56. The molecule has 0 bridgehead atoms. The summed E-state index contributed by atoms with van der Waals surface area (Å²) < 4.78 is 10.1. The van der Waals surface area contributed by atoms with Crippen molar-refractivity contribution in [3.63, 3.8) is 0 Å². The summed E-state index contributed by atoms with van der Waals surface area (Å²) in [6, 6.07) is 15.7. The van der Waals surface area contributed by atoms with Crippen LogP contribution < -0.4 is 9.47 Å². The van der Waals surface area contributed by atoms with Crippen molar-refractivity contribution < 1.29 is 14.3 Å². The molecule has 0 fully saturated rings. The van der Waals surface area contributed by atoms with Crippen molar-refractivity contribution in [2.45, 2.75) is 5.92 Å². The summed E-state index contributed by atoms with van der Waals surface area (Å²) in [6.45, 7) is 0. The number of ether oxygens (including phenoxy) is 2. The maximum absolute atomic E-state index is 12.4. The van der Waals surface area contributed by atoms with Crippen LogP contribution in [-0.2, 0) is 0 Å². The predicted octanol–water partition coefficient (Wildman–Crippen LogP) is 3.19. The highest BCUT2D eigenvalue weighted by Gasteiger charge is 2.21. The maximum Gasteiger partial charge on any atom is 0.184 e. The van der Waals surface area contributed by atoms with Crippen molar-refractivity contribution in [3.05, 3.63) is 59.7 Å². The smallest absolute Gasteiger partial charge is 0.184 e. The average molecular weight is 281 g/mol. The Morgan fingerprint density at radius 1 is 0.952 bits per heavy atom. The van der Waals surface area contributed by atoms with Crippen LogP contribution in [0, 0.1) is 11.3 Å². The lowest BCUT2D eigenvalue weighted by molar-refractivity contribution is 0.0979. The van der Waals surface area contributed by atoms with E-state index in [2.05, 4.69) is 6.07 Å². The van der Waals surface area contributed by atoms with E-state index >= 15 is 0 Å². The highest BCUT2D eigenvalue weighted by molar-refractivity contribution is 6.02. The van der Waals surface area contributed by atoms with Crippen molar-refractivity contribution in [2.75, 3.05) is 14.2 Å². The summed E-state index contributed by atoms with van der Waals surface area (Å²) in [4.78, 5) is 12.4. The number of methoxy groups -OCH3 is 2. The highest BCUT2D eigenvalue weighted by Crippen LogP contribution is 2.24. The number of hydrogen-bond acceptors (Lipinski definition) is 4. The van der Waals surface area contributed by atoms with E-state index < -0.39 is 5.92 Å². The van der Waals surface area contributed by atoms with Gasteiger partial charge in [0.05, 0.1) is 20.3 Å². The lowest BCUT2D eigenvalue weighted by Crippen LogP contribution is -2.11. The number of ketones is 1. The minimum Gasteiger partial charge on any atom is -0.497 e. The van der Waals surface area contributed by atoms with Gasteiger partial charge in [0.1, 0.15) is 17.4 Å². The molecule has 0 unspecified atom stereocenters. The van der Waals surface area contributed by atoms with Gasteiger partial charge < -0.3 is 9.47 Å². The molecular formula is C17H15NO3. The molecular weight excluding hydrogens is 266 g/mol. The van der Waals surface area contributed by atoms with E-state index in [9.17, 15) is 10.1 Å². The topological polar surface area (TPSA) is 59.3 Å². The number of nitriles is 1. The maximum atomic E-state index is 12.4. The molecule has 0 aliphatic heterocycles. The molecule has 0 aliphatic rings. The molecule has 21 heavy (non-hydrogen) atoms. The summed E-state index contributed by atoms with van der Waals surface area (Å²) in [5.74, 6) is 0.298. The Labute approximate surface area is 123 Å². The number of Topliss-reactive ketones (excluding diaryl/α,β-unsaturated/α-hetero) is 1. The first-order valence-electron chi connectivity index (χ1n) is 6.41. The molecule has 0 spiro atoms. The lowest BCUT2D eigenvalue weighted by atomic mass is 9.92. The zero-order valence-corrected chi connectivity index (χ0v) is 11.9. The molecule has 1 atom stereocenters. The number of nitrogens with zero attached hydrogens (tertiary/aromatic N) is 1. The summed E-state index contributed by atoms with van der Waals surface area (Å²) in [5.41, 5.74) is 1.14. The normalized spacial score (nSPS) is 11.3. The standard InChI is InChI=1S/C17H15NO3/c1-20-14-7-3-12(4-8-14)16(11-18)17(19)13-5-9-15(21-2)10-6-13/h3-10,16H,1-2H3/t16-/m1/s1. The molecule has 0 amide bonds. The predicted molar refractivity (Wildman–Crippen MR) is 78.7 cm³/mol. The minimum absolute atomic E-state index is 0.231. The van der Waals surface area contributed by atoms with Gasteiger partial charge in [0.15, 0.2) is 5.78 Å². The largest absolute Gasteiger partial charge is 0.497 e. The third-order valence-electron chi connectivity index (χ3n) is 3.21. The number of carbonyl (C=O) groups excluding carboxylic acids is 1. The summed E-state index contributed by atoms with van der Waals surface area (Å²) in [7, 11) is 3.13. The Bertz CT molecular complexity index is 654. The van der Waals surface area contributed by atoms with E-state index in [0.717, 1.165) is 0 Å². The fourth-order valence-electron chi connectivity index (χ4n) is 2.00. The Hall–Kier alpha value is -2.80. The van der Waals surface area contributed by atoms with Gasteiger partial charge >= 0.3 is 0 Å². The molecule has 0 aromatic heterocycles. The SMILES string of the molecule is COc1ccc(C(=O)[C@H](C#N)c2ccc(OC)cc2)cc1. The van der Waals surface area contributed by atoms with Gasteiger partial charge in [0, 0.05) is 5.56 Å². The van der Waals surface area contributed by atoms with Gasteiger partial charge in [0.2, 0.25) is 0 Å². The summed E-state index contributed by atoms with van der Waals surface area (Å²) in [6.07, 6.45) is 0. The molecule has 0 N–H and O–H groups in total. The van der Waals surface area contributed by atoms with E-state index in [-0.39, 0.29) is 5.78 Å². The van der Waals surface area contributed by atoms with E-state index in [1.54, 1.807) is 62.8 Å². The molecule has 2 rings (SSSR count). The van der Waals surface area contributed by atoms with Gasteiger partial charge in [-0.15, -0.1) is 0 Å². The fraction of sp³-hybridized carbons (Fsp3) is 0.176. The molecule has 0 saturated heterocycles. The first-order valence-corrected chi connectivity index (χ1v) is 6.41. The van der Waals surface area contributed by atoms with Gasteiger partial charge in [-0.1, -0.05) is 12.1 Å². The van der Waals surface area contributed by atoms with Gasteiger partial charge in [-0.2, -0.15) is 5.26 Å². The van der Waals surface area contributed by atoms with Crippen molar-refractivity contribution in [1.29, 1.82) is 5.26 Å². The highest BCUT2D eigenvalue weighted by atomic mass is 16.5. The molecule has 2 aromatic rings.